The molecule has 7 rings (SSSR count). The molecule has 4 aromatic rings. The molecule has 2 aromatic heterocycles. The Morgan fingerprint density at radius 1 is 1.17 bits per heavy atom. The van der Waals surface area contributed by atoms with Crippen molar-refractivity contribution >= 4 is 22.3 Å². The van der Waals surface area contributed by atoms with E-state index < -0.39 is 6.23 Å². The van der Waals surface area contributed by atoms with E-state index in [1.54, 1.807) is 6.26 Å². The van der Waals surface area contributed by atoms with Gasteiger partial charge in [0.2, 0.25) is 0 Å². The van der Waals surface area contributed by atoms with Gasteiger partial charge in [-0.05, 0) is 30.4 Å². The van der Waals surface area contributed by atoms with Gasteiger partial charge in [-0.25, -0.2) is 4.98 Å². The van der Waals surface area contributed by atoms with Gasteiger partial charge in [-0.3, -0.25) is 4.90 Å². The molecule has 11 nitrogen and oxygen atoms in total. The van der Waals surface area contributed by atoms with Crippen LogP contribution in [0.15, 0.2) is 53.5 Å². The Kier molecular flexibility index (Phi) is 7.11. The van der Waals surface area contributed by atoms with Crippen molar-refractivity contribution in [2.24, 2.45) is 0 Å². The van der Waals surface area contributed by atoms with Gasteiger partial charge >= 0.3 is 6.01 Å². The molecule has 2 aromatic carbocycles. The number of aliphatic hydroxyl groups excluding tert-OH is 1. The fourth-order valence-corrected chi connectivity index (χ4v) is 6.34. The van der Waals surface area contributed by atoms with Crippen LogP contribution >= 0.6 is 0 Å². The summed E-state index contributed by atoms with van der Waals surface area (Å²) < 4.78 is 11.2. The van der Waals surface area contributed by atoms with Crippen LogP contribution in [0.25, 0.3) is 10.8 Å². The quantitative estimate of drug-likeness (QED) is 0.305. The summed E-state index contributed by atoms with van der Waals surface area (Å²) in [6.45, 7) is 6.55. The minimum Gasteiger partial charge on any atom is -0.457 e. The van der Waals surface area contributed by atoms with E-state index in [1.807, 2.05) is 0 Å². The molecule has 3 aliphatic rings. The molecule has 0 spiro atoms. The second kappa shape index (κ2) is 11.2. The van der Waals surface area contributed by atoms with Gasteiger partial charge < -0.3 is 29.4 Å². The number of aliphatic hydroxyl groups is 1. The number of nitrogens with one attached hydrogen (secondary N) is 1. The molecule has 0 aliphatic carbocycles. The molecule has 0 amide bonds. The molecule has 5 heterocycles. The Morgan fingerprint density at radius 2 is 2.02 bits per heavy atom. The molecule has 11 heteroatoms. The lowest BCUT2D eigenvalue weighted by atomic mass is 9.99. The predicted molar refractivity (Wildman–Crippen MR) is 157 cm³/mol. The highest BCUT2D eigenvalue weighted by Crippen LogP contribution is 2.36. The number of hydrogen-bond donors (Lipinski definition) is 2. The molecule has 0 radical (unpaired) electrons. The van der Waals surface area contributed by atoms with Gasteiger partial charge in [0.1, 0.15) is 30.6 Å². The van der Waals surface area contributed by atoms with E-state index in [9.17, 15) is 10.4 Å². The summed E-state index contributed by atoms with van der Waals surface area (Å²) in [6.07, 6.45) is 3.45. The molecule has 216 valence electrons. The zero-order chi connectivity index (χ0) is 28.6. The first-order valence-corrected chi connectivity index (χ1v) is 14.5. The van der Waals surface area contributed by atoms with Crippen molar-refractivity contribution in [2.75, 3.05) is 42.5 Å². The molecule has 0 saturated carbocycles. The highest BCUT2D eigenvalue weighted by atomic mass is 16.5. The lowest BCUT2D eigenvalue weighted by Crippen LogP contribution is -2.58. The molecule has 2 unspecified atom stereocenters. The van der Waals surface area contributed by atoms with Crippen molar-refractivity contribution in [3.63, 3.8) is 0 Å². The maximum Gasteiger partial charge on any atom is 0.319 e. The number of anilines is 2. The van der Waals surface area contributed by atoms with Crippen molar-refractivity contribution in [1.82, 2.24) is 25.2 Å². The third-order valence-electron chi connectivity index (χ3n) is 8.58. The van der Waals surface area contributed by atoms with Crippen molar-refractivity contribution < 1.29 is 14.3 Å². The van der Waals surface area contributed by atoms with E-state index in [4.69, 9.17) is 19.1 Å². The smallest absolute Gasteiger partial charge is 0.319 e. The molecule has 3 atom stereocenters. The van der Waals surface area contributed by atoms with Crippen LogP contribution in [0.1, 0.15) is 28.9 Å². The van der Waals surface area contributed by atoms with Crippen LogP contribution in [-0.2, 0) is 19.6 Å². The zero-order valence-electron chi connectivity index (χ0n) is 23.6. The second-order valence-corrected chi connectivity index (χ2v) is 11.3. The number of nitrogens with zero attached hydrogens (tertiary/aromatic N) is 7. The second-order valence-electron chi connectivity index (χ2n) is 11.3. The molecule has 0 bridgehead atoms. The van der Waals surface area contributed by atoms with Gasteiger partial charge in [0.25, 0.3) is 0 Å². The minimum atomic E-state index is -0.594. The van der Waals surface area contributed by atoms with Crippen LogP contribution in [0.2, 0.25) is 0 Å². The van der Waals surface area contributed by atoms with E-state index in [-0.39, 0.29) is 18.7 Å². The first kappa shape index (κ1) is 26.6. The number of aryl methyl sites for hydroxylation is 1. The minimum absolute atomic E-state index is 0.0739. The summed E-state index contributed by atoms with van der Waals surface area (Å²) in [5, 5.41) is 26.2. The third kappa shape index (κ3) is 5.13. The first-order valence-electron chi connectivity index (χ1n) is 14.5. The molecular weight excluding hydrogens is 532 g/mol. The zero-order valence-corrected chi connectivity index (χ0v) is 23.6. The highest BCUT2D eigenvalue weighted by molar-refractivity contribution is 5.97. The molecule has 2 N–H and O–H groups in total. The number of fused-ring (bicyclic) bond motifs is 2. The lowest BCUT2D eigenvalue weighted by molar-refractivity contribution is -0.0293. The first-order chi connectivity index (χ1) is 20.6. The number of rotatable bonds is 8. The van der Waals surface area contributed by atoms with Crippen LogP contribution < -0.4 is 19.9 Å². The lowest BCUT2D eigenvalue weighted by Gasteiger charge is -2.44. The van der Waals surface area contributed by atoms with Gasteiger partial charge in [-0.1, -0.05) is 30.3 Å². The van der Waals surface area contributed by atoms with Gasteiger partial charge in [0.05, 0.1) is 30.8 Å². The number of nitriles is 1. The van der Waals surface area contributed by atoms with Crippen molar-refractivity contribution in [3.8, 4) is 12.1 Å². The number of piperazine rings is 1. The van der Waals surface area contributed by atoms with Crippen LogP contribution in [0.4, 0.5) is 11.5 Å². The molecule has 42 heavy (non-hydrogen) atoms. The van der Waals surface area contributed by atoms with Crippen LogP contribution in [-0.4, -0.2) is 76.0 Å². The predicted octanol–water partition coefficient (Wildman–Crippen LogP) is 2.76. The summed E-state index contributed by atoms with van der Waals surface area (Å²) in [7, 11) is 0. The Bertz CT molecular complexity index is 1610. The Balaban J connectivity index is 1.22. The van der Waals surface area contributed by atoms with Crippen molar-refractivity contribution in [3.05, 3.63) is 71.6 Å². The summed E-state index contributed by atoms with van der Waals surface area (Å²) in [4.78, 5) is 20.7. The van der Waals surface area contributed by atoms with Gasteiger partial charge in [-0.15, -0.1) is 0 Å². The van der Waals surface area contributed by atoms with E-state index in [1.165, 1.54) is 28.4 Å². The van der Waals surface area contributed by atoms with E-state index in [0.717, 1.165) is 36.6 Å². The van der Waals surface area contributed by atoms with E-state index in [0.29, 0.717) is 44.3 Å². The van der Waals surface area contributed by atoms with Crippen molar-refractivity contribution in [2.45, 2.75) is 51.2 Å². The number of ether oxygens (including phenoxy) is 1. The maximum absolute atomic E-state index is 10.9. The number of hydrogen-bond acceptors (Lipinski definition) is 11. The monoisotopic (exact) mass is 566 g/mol. The number of oxazole rings is 1. The SMILES string of the molecule is Cc1cccc2cccc(N3CCc4c(nc(OCc5cocn5)nc4N4CCN(C(O)C5CN5)[C@@H](CC#N)C4)C3)c12. The Hall–Kier alpha value is -4.24. The van der Waals surface area contributed by atoms with Crippen LogP contribution in [0, 0.1) is 18.3 Å². The molecule has 3 aliphatic heterocycles. The van der Waals surface area contributed by atoms with Crippen LogP contribution in [0.3, 0.4) is 0 Å². The Morgan fingerprint density at radius 3 is 2.81 bits per heavy atom. The highest BCUT2D eigenvalue weighted by Gasteiger charge is 2.40. The molecule has 2 saturated heterocycles. The van der Waals surface area contributed by atoms with Gasteiger partial charge in [0, 0.05) is 55.4 Å². The third-order valence-corrected chi connectivity index (χ3v) is 8.58. The summed E-state index contributed by atoms with van der Waals surface area (Å²) in [5.74, 6) is 0.852. The number of aromatic nitrogens is 3. The van der Waals surface area contributed by atoms with E-state index >= 15 is 0 Å². The average Bonchev–Trinajstić information content (AvgIpc) is 3.74. The van der Waals surface area contributed by atoms with E-state index in [2.05, 4.69) is 74.4 Å². The van der Waals surface area contributed by atoms with Crippen LogP contribution in [0.5, 0.6) is 6.01 Å². The summed E-state index contributed by atoms with van der Waals surface area (Å²) in [6, 6.07) is 15.5. The summed E-state index contributed by atoms with van der Waals surface area (Å²) >= 11 is 0. The standard InChI is InChI=1S/C31H34N8O3/c1-20-4-2-5-21-6-3-7-27(28(20)21)37-11-9-24-26(16-37)35-31(42-18-22-17-41-19-34-22)36-29(24)38-12-13-39(23(15-38)8-10-32)30(40)25-14-33-25/h2-7,17,19,23,25,30,33,40H,8-9,11-16,18H2,1H3/t23-,25?,30?/m0/s1. The summed E-state index contributed by atoms with van der Waals surface area (Å²) in [5.41, 5.74) is 5.17. The molecule has 2 fully saturated rings. The van der Waals surface area contributed by atoms with Gasteiger partial charge in [0.15, 0.2) is 6.39 Å². The largest absolute Gasteiger partial charge is 0.457 e. The Labute approximate surface area is 244 Å². The fourth-order valence-electron chi connectivity index (χ4n) is 6.34. The topological polar surface area (TPSA) is 137 Å². The fraction of sp³-hybridized carbons (Fsp3) is 0.419. The van der Waals surface area contributed by atoms with Gasteiger partial charge in [-0.2, -0.15) is 15.2 Å². The number of benzene rings is 2. The normalized spacial score (nSPS) is 21.2. The van der Waals surface area contributed by atoms with Crippen molar-refractivity contribution in [1.29, 1.82) is 5.26 Å². The molecular formula is C31H34N8O3. The maximum atomic E-state index is 10.9. The average molecular weight is 567 g/mol.